The van der Waals surface area contributed by atoms with E-state index in [1.165, 1.54) is 21.3 Å². The molecule has 0 N–H and O–H groups in total. The molecule has 1 heterocycles. The average Bonchev–Trinajstić information content (AvgIpc) is 3.00. The van der Waals surface area contributed by atoms with Gasteiger partial charge in [0, 0.05) is 11.4 Å². The zero-order chi connectivity index (χ0) is 25.5. The summed E-state index contributed by atoms with van der Waals surface area (Å²) < 4.78 is 0. The van der Waals surface area contributed by atoms with Gasteiger partial charge in [0.15, 0.2) is 0 Å². The molecule has 0 saturated heterocycles. The van der Waals surface area contributed by atoms with Gasteiger partial charge in [-0.05, 0) is 50.6 Å². The van der Waals surface area contributed by atoms with Gasteiger partial charge in [0.25, 0.3) is 0 Å². The van der Waals surface area contributed by atoms with Gasteiger partial charge in [-0.15, -0.1) is 0 Å². The van der Waals surface area contributed by atoms with E-state index < -0.39 is 6.04 Å². The van der Waals surface area contributed by atoms with Crippen molar-refractivity contribution in [1.82, 2.24) is 9.97 Å². The Labute approximate surface area is 226 Å². The maximum atomic E-state index is 6.54. The molecule has 6 aromatic carbocycles. The van der Waals surface area contributed by atoms with Gasteiger partial charge < -0.3 is 0 Å². The number of rotatable bonds is 4. The molecule has 0 aliphatic carbocycles. The van der Waals surface area contributed by atoms with E-state index in [9.17, 15) is 0 Å². The van der Waals surface area contributed by atoms with Crippen LogP contribution in [0.4, 0.5) is 0 Å². The SMILES string of the molecule is S=P(c1ccccc1)(c1ccccc1)c1ccc(-c2cc3nc4ccccc4nc3c3ccccc23)cc1. The molecule has 0 amide bonds. The van der Waals surface area contributed by atoms with E-state index in [2.05, 4.69) is 103 Å². The fraction of sp³-hybridized carbons (Fsp3) is 0. The third-order valence-electron chi connectivity index (χ3n) is 7.13. The van der Waals surface area contributed by atoms with Crippen molar-refractivity contribution in [3.8, 4) is 11.1 Å². The molecule has 1 aromatic heterocycles. The van der Waals surface area contributed by atoms with Crippen molar-refractivity contribution < 1.29 is 0 Å². The highest BCUT2D eigenvalue weighted by atomic mass is 32.4. The van der Waals surface area contributed by atoms with E-state index >= 15 is 0 Å². The molecule has 0 atom stereocenters. The Balaban J connectivity index is 1.42. The Morgan fingerprint density at radius 3 is 1.58 bits per heavy atom. The molecular formula is C34H23N2PS. The van der Waals surface area contributed by atoms with Crippen LogP contribution in [0.15, 0.2) is 140 Å². The second kappa shape index (κ2) is 9.29. The summed E-state index contributed by atoms with van der Waals surface area (Å²) in [5, 5.41) is 5.87. The summed E-state index contributed by atoms with van der Waals surface area (Å²) in [5.74, 6) is 0. The van der Waals surface area contributed by atoms with E-state index in [1.807, 2.05) is 36.4 Å². The minimum Gasteiger partial charge on any atom is -0.244 e. The first-order chi connectivity index (χ1) is 18.7. The largest absolute Gasteiger partial charge is 0.244 e. The normalized spacial score (nSPS) is 11.8. The zero-order valence-electron chi connectivity index (χ0n) is 20.5. The summed E-state index contributed by atoms with van der Waals surface area (Å²) >= 11 is 6.54. The van der Waals surface area contributed by atoms with Crippen LogP contribution in [0.2, 0.25) is 0 Å². The van der Waals surface area contributed by atoms with E-state index in [1.54, 1.807) is 0 Å². The topological polar surface area (TPSA) is 25.8 Å². The van der Waals surface area contributed by atoms with Gasteiger partial charge in [-0.3, -0.25) is 0 Å². The van der Waals surface area contributed by atoms with Crippen LogP contribution in [0.1, 0.15) is 0 Å². The Hall–Kier alpha value is -4.17. The van der Waals surface area contributed by atoms with Gasteiger partial charge in [-0.25, -0.2) is 9.97 Å². The van der Waals surface area contributed by atoms with Crippen LogP contribution in [0.3, 0.4) is 0 Å². The predicted octanol–water partition coefficient (Wildman–Crippen LogP) is 7.36. The summed E-state index contributed by atoms with van der Waals surface area (Å²) in [6, 6.07) is 46.5. The molecule has 180 valence electrons. The van der Waals surface area contributed by atoms with Crippen LogP contribution < -0.4 is 15.9 Å². The van der Waals surface area contributed by atoms with Gasteiger partial charge in [-0.2, -0.15) is 0 Å². The Morgan fingerprint density at radius 2 is 0.947 bits per heavy atom. The average molecular weight is 523 g/mol. The molecule has 0 saturated carbocycles. The number of hydrogen-bond donors (Lipinski definition) is 0. The van der Waals surface area contributed by atoms with Crippen molar-refractivity contribution in [2.75, 3.05) is 0 Å². The Morgan fingerprint density at radius 1 is 0.447 bits per heavy atom. The van der Waals surface area contributed by atoms with Gasteiger partial charge in [0.05, 0.1) is 22.1 Å². The third-order valence-corrected chi connectivity index (χ3v) is 12.1. The van der Waals surface area contributed by atoms with Crippen LogP contribution >= 0.6 is 6.04 Å². The van der Waals surface area contributed by atoms with E-state index in [-0.39, 0.29) is 0 Å². The van der Waals surface area contributed by atoms with Gasteiger partial charge >= 0.3 is 0 Å². The van der Waals surface area contributed by atoms with E-state index in [0.29, 0.717) is 0 Å². The standard InChI is InChI=1S/C34H23N2PS/c38-37(25-11-3-1-4-12-25,26-13-5-2-6-14-26)27-21-19-24(20-22-27)30-23-33-34(29-16-8-7-15-28(29)30)36-32-18-10-9-17-31(32)35-33/h1-23H. The maximum Gasteiger partial charge on any atom is 0.0973 e. The zero-order valence-corrected chi connectivity index (χ0v) is 22.2. The first-order valence-corrected chi connectivity index (χ1v) is 15.4. The lowest BCUT2D eigenvalue weighted by atomic mass is 9.97. The van der Waals surface area contributed by atoms with Crippen LogP contribution in [-0.2, 0) is 11.8 Å². The fourth-order valence-electron chi connectivity index (χ4n) is 5.26. The lowest BCUT2D eigenvalue weighted by Gasteiger charge is -2.24. The number of nitrogens with zero attached hydrogens (tertiary/aromatic N) is 2. The first kappa shape index (κ1) is 23.0. The van der Waals surface area contributed by atoms with Gasteiger partial charge in [0.2, 0.25) is 0 Å². The van der Waals surface area contributed by atoms with Crippen molar-refractivity contribution in [2.45, 2.75) is 0 Å². The number of hydrogen-bond acceptors (Lipinski definition) is 3. The van der Waals surface area contributed by atoms with Crippen molar-refractivity contribution in [3.05, 3.63) is 140 Å². The molecule has 0 spiro atoms. The highest BCUT2D eigenvalue weighted by molar-refractivity contribution is 8.25. The minimum atomic E-state index is -2.19. The van der Waals surface area contributed by atoms with Crippen LogP contribution in [0.5, 0.6) is 0 Å². The van der Waals surface area contributed by atoms with Crippen molar-refractivity contribution >= 4 is 66.6 Å². The monoisotopic (exact) mass is 522 g/mol. The second-order valence-electron chi connectivity index (χ2n) is 9.38. The molecule has 0 unspecified atom stereocenters. The first-order valence-electron chi connectivity index (χ1n) is 12.6. The number of aromatic nitrogens is 2. The molecule has 7 rings (SSSR count). The molecule has 0 aliphatic heterocycles. The third kappa shape index (κ3) is 3.75. The summed E-state index contributed by atoms with van der Waals surface area (Å²) in [5.41, 5.74) is 5.95. The summed E-state index contributed by atoms with van der Waals surface area (Å²) in [6.07, 6.45) is 0. The molecule has 7 aromatic rings. The molecule has 0 aliphatic rings. The molecule has 4 heteroatoms. The van der Waals surface area contributed by atoms with Gasteiger partial charge in [0.1, 0.15) is 0 Å². The predicted molar refractivity (Wildman–Crippen MR) is 166 cm³/mol. The molecule has 2 nitrogen and oxygen atoms in total. The quantitative estimate of drug-likeness (QED) is 0.137. The number of fused-ring (bicyclic) bond motifs is 4. The van der Waals surface area contributed by atoms with Crippen LogP contribution in [-0.4, -0.2) is 9.97 Å². The molecule has 0 bridgehead atoms. The van der Waals surface area contributed by atoms with E-state index in [0.717, 1.165) is 38.6 Å². The Kier molecular flexibility index (Phi) is 5.62. The van der Waals surface area contributed by atoms with Gasteiger partial charge in [-0.1, -0.05) is 133 Å². The van der Waals surface area contributed by atoms with Crippen LogP contribution in [0.25, 0.3) is 44.0 Å². The second-order valence-corrected chi connectivity index (χ2v) is 13.8. The summed E-state index contributed by atoms with van der Waals surface area (Å²) in [7, 11) is 0. The Bertz CT molecular complexity index is 1940. The summed E-state index contributed by atoms with van der Waals surface area (Å²) in [4.78, 5) is 9.96. The van der Waals surface area contributed by atoms with Crippen molar-refractivity contribution in [1.29, 1.82) is 0 Å². The number of para-hydroxylation sites is 2. The van der Waals surface area contributed by atoms with Crippen LogP contribution in [0, 0.1) is 0 Å². The summed E-state index contributed by atoms with van der Waals surface area (Å²) in [6.45, 7) is 0. The smallest absolute Gasteiger partial charge is 0.0973 e. The highest BCUT2D eigenvalue weighted by Gasteiger charge is 2.24. The van der Waals surface area contributed by atoms with E-state index in [4.69, 9.17) is 21.8 Å². The van der Waals surface area contributed by atoms with Crippen molar-refractivity contribution in [2.24, 2.45) is 0 Å². The molecule has 0 radical (unpaired) electrons. The minimum absolute atomic E-state index is 0.903. The highest BCUT2D eigenvalue weighted by Crippen LogP contribution is 2.43. The van der Waals surface area contributed by atoms with Crippen molar-refractivity contribution in [3.63, 3.8) is 0 Å². The molecule has 0 fully saturated rings. The number of benzene rings is 6. The lowest BCUT2D eigenvalue weighted by Crippen LogP contribution is -2.24. The maximum absolute atomic E-state index is 6.54. The fourth-order valence-corrected chi connectivity index (χ4v) is 9.01. The molecule has 38 heavy (non-hydrogen) atoms. The molecular weight excluding hydrogens is 499 g/mol. The lowest BCUT2D eigenvalue weighted by molar-refractivity contribution is 1.41.